The number of carbonyl (C=O) groups excluding carboxylic acids is 1. The summed E-state index contributed by atoms with van der Waals surface area (Å²) >= 11 is 0. The highest BCUT2D eigenvalue weighted by molar-refractivity contribution is 5.79. The van der Waals surface area contributed by atoms with E-state index in [-0.39, 0.29) is 12.8 Å². The van der Waals surface area contributed by atoms with E-state index >= 15 is 0 Å². The normalized spacial score (nSPS) is 12.0. The number of carboxylic acids is 1. The van der Waals surface area contributed by atoms with Crippen molar-refractivity contribution in [1.29, 1.82) is 0 Å². The number of nitrogens with zero attached hydrogens (tertiary/aromatic N) is 1. The van der Waals surface area contributed by atoms with Crippen LogP contribution in [0.2, 0.25) is 0 Å². The minimum atomic E-state index is -1.07. The summed E-state index contributed by atoms with van der Waals surface area (Å²) in [7, 11) is 0. The summed E-state index contributed by atoms with van der Waals surface area (Å²) in [5, 5.41) is 11.4. The Hall–Kier alpha value is -2.05. The van der Waals surface area contributed by atoms with E-state index in [1.165, 1.54) is 12.7 Å². The van der Waals surface area contributed by atoms with Gasteiger partial charge in [-0.15, -0.1) is 0 Å². The summed E-state index contributed by atoms with van der Waals surface area (Å²) in [4.78, 5) is 25.0. The molecule has 0 spiro atoms. The number of nitrogens with one attached hydrogen (secondary N) is 1. The fourth-order valence-electron chi connectivity index (χ4n) is 1.01. The molecule has 4 N–H and O–H groups in total. The molecule has 0 aliphatic rings. The summed E-state index contributed by atoms with van der Waals surface area (Å²) in [6.07, 6.45) is 2.56. The molecule has 1 heterocycles. The number of aromatic nitrogens is 1. The highest BCUT2D eigenvalue weighted by Crippen LogP contribution is 2.07. The van der Waals surface area contributed by atoms with Crippen molar-refractivity contribution >= 4 is 17.7 Å². The number of hydrogen-bond donors (Lipinski definition) is 3. The summed E-state index contributed by atoms with van der Waals surface area (Å²) < 4.78 is 4.66. The van der Waals surface area contributed by atoms with E-state index in [1.807, 2.05) is 0 Å². The number of nitrogens with two attached hydrogens (primary N) is 1. The van der Waals surface area contributed by atoms with Gasteiger partial charge in [-0.25, -0.2) is 4.79 Å². The standard InChI is InChI=1S/C8H11N3O4/c9-6(12)2-1-5(8(13)14)11-7-3-15-4-10-7/h3-5,11H,1-2H2,(H2,9,12)(H,13,14)/t5-/m0/s1. The minimum absolute atomic E-state index is 0.00180. The second-order valence-electron chi connectivity index (χ2n) is 2.91. The van der Waals surface area contributed by atoms with Crippen LogP contribution in [0.3, 0.4) is 0 Å². The SMILES string of the molecule is NC(=O)CC[C@H](Nc1cocn1)C(=O)O. The van der Waals surface area contributed by atoms with Crippen LogP contribution < -0.4 is 11.1 Å². The largest absolute Gasteiger partial charge is 0.480 e. The van der Waals surface area contributed by atoms with Crippen LogP contribution in [-0.4, -0.2) is 28.0 Å². The smallest absolute Gasteiger partial charge is 0.326 e. The van der Waals surface area contributed by atoms with Crippen LogP contribution in [0.25, 0.3) is 0 Å². The average molecular weight is 213 g/mol. The van der Waals surface area contributed by atoms with Gasteiger partial charge in [0.15, 0.2) is 12.2 Å². The van der Waals surface area contributed by atoms with Gasteiger partial charge < -0.3 is 20.6 Å². The molecule has 1 aromatic heterocycles. The quantitative estimate of drug-likeness (QED) is 0.602. The fourth-order valence-corrected chi connectivity index (χ4v) is 1.01. The molecule has 0 saturated heterocycles. The van der Waals surface area contributed by atoms with E-state index in [4.69, 9.17) is 10.8 Å². The second-order valence-corrected chi connectivity index (χ2v) is 2.91. The number of primary amides is 1. The van der Waals surface area contributed by atoms with Gasteiger partial charge in [0, 0.05) is 6.42 Å². The number of carbonyl (C=O) groups is 2. The zero-order chi connectivity index (χ0) is 11.3. The van der Waals surface area contributed by atoms with Crippen LogP contribution in [0, 0.1) is 0 Å². The van der Waals surface area contributed by atoms with Gasteiger partial charge in [-0.05, 0) is 6.42 Å². The third-order valence-corrected chi connectivity index (χ3v) is 1.73. The molecule has 7 heteroatoms. The van der Waals surface area contributed by atoms with Crippen LogP contribution >= 0.6 is 0 Å². The molecule has 0 saturated carbocycles. The maximum atomic E-state index is 10.8. The molecule has 1 aromatic rings. The van der Waals surface area contributed by atoms with E-state index in [0.29, 0.717) is 5.82 Å². The number of carboxylic acid groups (broad SMARTS) is 1. The van der Waals surface area contributed by atoms with Crippen LogP contribution in [0.4, 0.5) is 5.82 Å². The highest BCUT2D eigenvalue weighted by atomic mass is 16.4. The van der Waals surface area contributed by atoms with Crippen molar-refractivity contribution in [3.05, 3.63) is 12.7 Å². The predicted octanol–water partition coefficient (Wildman–Crippen LogP) is -0.195. The topological polar surface area (TPSA) is 118 Å². The molecule has 7 nitrogen and oxygen atoms in total. The lowest BCUT2D eigenvalue weighted by molar-refractivity contribution is -0.138. The van der Waals surface area contributed by atoms with Crippen molar-refractivity contribution in [1.82, 2.24) is 4.98 Å². The second kappa shape index (κ2) is 4.99. The van der Waals surface area contributed by atoms with Crippen molar-refractivity contribution in [2.75, 3.05) is 5.32 Å². The highest BCUT2D eigenvalue weighted by Gasteiger charge is 2.18. The molecule has 15 heavy (non-hydrogen) atoms. The first kappa shape index (κ1) is 11.0. The van der Waals surface area contributed by atoms with E-state index in [1.54, 1.807) is 0 Å². The van der Waals surface area contributed by atoms with Gasteiger partial charge >= 0.3 is 5.97 Å². The van der Waals surface area contributed by atoms with Crippen molar-refractivity contribution in [3.8, 4) is 0 Å². The Bertz CT molecular complexity index is 336. The molecule has 0 fully saturated rings. The Balaban J connectivity index is 2.51. The Morgan fingerprint density at radius 3 is 2.87 bits per heavy atom. The molecule has 0 aliphatic carbocycles. The number of hydrogen-bond acceptors (Lipinski definition) is 5. The molecule has 1 rings (SSSR count). The van der Waals surface area contributed by atoms with Crippen LogP contribution in [-0.2, 0) is 9.59 Å². The maximum absolute atomic E-state index is 10.8. The van der Waals surface area contributed by atoms with Gasteiger partial charge in [-0.2, -0.15) is 4.98 Å². The van der Waals surface area contributed by atoms with Gasteiger partial charge in [0.05, 0.1) is 0 Å². The molecule has 82 valence electrons. The minimum Gasteiger partial charge on any atom is -0.480 e. The van der Waals surface area contributed by atoms with E-state index in [9.17, 15) is 9.59 Å². The third kappa shape index (κ3) is 3.67. The molecular formula is C8H11N3O4. The summed E-state index contributed by atoms with van der Waals surface area (Å²) in [5.41, 5.74) is 4.92. The van der Waals surface area contributed by atoms with Crippen LogP contribution in [0.15, 0.2) is 17.1 Å². The van der Waals surface area contributed by atoms with E-state index in [0.717, 1.165) is 0 Å². The van der Waals surface area contributed by atoms with Crippen molar-refractivity contribution in [2.24, 2.45) is 5.73 Å². The van der Waals surface area contributed by atoms with Crippen molar-refractivity contribution in [3.63, 3.8) is 0 Å². The first-order valence-electron chi connectivity index (χ1n) is 4.25. The number of amides is 1. The Kier molecular flexibility index (Phi) is 3.67. The van der Waals surface area contributed by atoms with Gasteiger partial charge in [-0.1, -0.05) is 0 Å². The molecule has 0 bridgehead atoms. The lowest BCUT2D eigenvalue weighted by atomic mass is 10.1. The van der Waals surface area contributed by atoms with E-state index < -0.39 is 17.9 Å². The summed E-state index contributed by atoms with van der Waals surface area (Å²) in [6.45, 7) is 0. The Morgan fingerprint density at radius 1 is 1.67 bits per heavy atom. The lowest BCUT2D eigenvalue weighted by Gasteiger charge is -2.11. The van der Waals surface area contributed by atoms with Crippen molar-refractivity contribution in [2.45, 2.75) is 18.9 Å². The van der Waals surface area contributed by atoms with Gasteiger partial charge in [0.2, 0.25) is 5.91 Å². The predicted molar refractivity (Wildman–Crippen MR) is 50.0 cm³/mol. The fraction of sp³-hybridized carbons (Fsp3) is 0.375. The van der Waals surface area contributed by atoms with E-state index in [2.05, 4.69) is 14.7 Å². The molecule has 1 atom stereocenters. The molecule has 0 aliphatic heterocycles. The molecule has 1 amide bonds. The number of anilines is 1. The zero-order valence-electron chi connectivity index (χ0n) is 7.84. The third-order valence-electron chi connectivity index (χ3n) is 1.73. The van der Waals surface area contributed by atoms with Crippen molar-refractivity contribution < 1.29 is 19.1 Å². The Morgan fingerprint density at radius 2 is 2.40 bits per heavy atom. The number of oxazole rings is 1. The first-order valence-corrected chi connectivity index (χ1v) is 4.25. The van der Waals surface area contributed by atoms with Gasteiger partial charge in [-0.3, -0.25) is 4.79 Å². The number of aliphatic carboxylic acids is 1. The van der Waals surface area contributed by atoms with Gasteiger partial charge in [0.25, 0.3) is 0 Å². The zero-order valence-corrected chi connectivity index (χ0v) is 7.84. The average Bonchev–Trinajstić information content (AvgIpc) is 2.63. The monoisotopic (exact) mass is 213 g/mol. The molecule has 0 aromatic carbocycles. The molecular weight excluding hydrogens is 202 g/mol. The lowest BCUT2D eigenvalue weighted by Crippen LogP contribution is -2.30. The number of rotatable bonds is 6. The maximum Gasteiger partial charge on any atom is 0.326 e. The first-order chi connectivity index (χ1) is 7.09. The van der Waals surface area contributed by atoms with Crippen LogP contribution in [0.5, 0.6) is 0 Å². The van der Waals surface area contributed by atoms with Gasteiger partial charge in [0.1, 0.15) is 12.3 Å². The molecule has 0 unspecified atom stereocenters. The summed E-state index contributed by atoms with van der Waals surface area (Å²) in [5.74, 6) is -1.30. The summed E-state index contributed by atoms with van der Waals surface area (Å²) in [6, 6.07) is -0.900. The van der Waals surface area contributed by atoms with Crippen LogP contribution in [0.1, 0.15) is 12.8 Å². The Labute approximate surface area is 85.3 Å². The molecule has 0 radical (unpaired) electrons.